The molecule has 0 radical (unpaired) electrons. The fourth-order valence-corrected chi connectivity index (χ4v) is 2.29. The molecule has 4 nitrogen and oxygen atoms in total. The molecule has 1 aromatic rings. The largest absolute Gasteiger partial charge is 0.508 e. The van der Waals surface area contributed by atoms with Crippen LogP contribution >= 0.6 is 0 Å². The highest BCUT2D eigenvalue weighted by atomic mass is 16.4. The average Bonchev–Trinajstić information content (AvgIpc) is 2.78. The van der Waals surface area contributed by atoms with Crippen LogP contribution in [-0.2, 0) is 4.79 Å². The highest BCUT2D eigenvalue weighted by Crippen LogP contribution is 2.23. The molecule has 1 atom stereocenters. The quantitative estimate of drug-likeness (QED) is 0.833. The molecule has 1 aliphatic rings. The predicted octanol–water partition coefficient (Wildman–Crippen LogP) is 1.66. The van der Waals surface area contributed by atoms with Gasteiger partial charge in [0.25, 0.3) is 0 Å². The highest BCUT2D eigenvalue weighted by Gasteiger charge is 2.24. The summed E-state index contributed by atoms with van der Waals surface area (Å²) in [5, 5.41) is 18.7. The Morgan fingerprint density at radius 3 is 2.65 bits per heavy atom. The Hall–Kier alpha value is -1.55. The van der Waals surface area contributed by atoms with Gasteiger partial charge < -0.3 is 15.1 Å². The summed E-state index contributed by atoms with van der Waals surface area (Å²) in [6.07, 6.45) is 2.29. The average molecular weight is 235 g/mol. The first-order chi connectivity index (χ1) is 8.16. The van der Waals surface area contributed by atoms with Crippen molar-refractivity contribution >= 4 is 5.97 Å². The number of benzene rings is 1. The molecular weight excluding hydrogens is 218 g/mol. The Labute approximate surface area is 100 Å². The predicted molar refractivity (Wildman–Crippen MR) is 64.2 cm³/mol. The number of carboxylic acids is 1. The van der Waals surface area contributed by atoms with Crippen LogP contribution in [0.3, 0.4) is 0 Å². The van der Waals surface area contributed by atoms with E-state index in [0.29, 0.717) is 12.1 Å². The van der Waals surface area contributed by atoms with Gasteiger partial charge in [0, 0.05) is 6.54 Å². The van der Waals surface area contributed by atoms with Crippen LogP contribution in [0, 0.1) is 0 Å². The van der Waals surface area contributed by atoms with Crippen molar-refractivity contribution in [2.75, 3.05) is 19.6 Å². The summed E-state index contributed by atoms with van der Waals surface area (Å²) in [6, 6.07) is 6.53. The van der Waals surface area contributed by atoms with E-state index in [2.05, 4.69) is 4.90 Å². The Bertz CT molecular complexity index is 399. The number of likely N-dealkylation sites (tertiary alicyclic amines) is 1. The molecule has 0 aromatic heterocycles. The van der Waals surface area contributed by atoms with Gasteiger partial charge in [-0.15, -0.1) is 0 Å². The van der Waals surface area contributed by atoms with Crippen molar-refractivity contribution < 1.29 is 15.0 Å². The van der Waals surface area contributed by atoms with E-state index in [0.717, 1.165) is 25.9 Å². The van der Waals surface area contributed by atoms with Crippen LogP contribution < -0.4 is 0 Å². The van der Waals surface area contributed by atoms with Crippen molar-refractivity contribution in [2.45, 2.75) is 18.8 Å². The van der Waals surface area contributed by atoms with Gasteiger partial charge in [0.05, 0.1) is 5.92 Å². The molecule has 0 saturated carbocycles. The Balaban J connectivity index is 2.13. The first-order valence-corrected chi connectivity index (χ1v) is 5.91. The van der Waals surface area contributed by atoms with Crippen molar-refractivity contribution in [2.24, 2.45) is 0 Å². The minimum absolute atomic E-state index is 0.121. The zero-order chi connectivity index (χ0) is 12.3. The van der Waals surface area contributed by atoms with Gasteiger partial charge in [-0.1, -0.05) is 12.1 Å². The van der Waals surface area contributed by atoms with E-state index in [1.165, 1.54) is 6.07 Å². The van der Waals surface area contributed by atoms with Crippen LogP contribution in [0.1, 0.15) is 24.3 Å². The summed E-state index contributed by atoms with van der Waals surface area (Å²) >= 11 is 0. The molecule has 2 rings (SSSR count). The number of aliphatic carboxylic acids is 1. The topological polar surface area (TPSA) is 60.8 Å². The summed E-state index contributed by atoms with van der Waals surface area (Å²) in [5.74, 6) is -1.27. The molecule has 0 bridgehead atoms. The molecule has 1 aromatic carbocycles. The van der Waals surface area contributed by atoms with Gasteiger partial charge in [-0.25, -0.2) is 0 Å². The normalized spacial score (nSPS) is 18.1. The minimum Gasteiger partial charge on any atom is -0.508 e. The zero-order valence-electron chi connectivity index (χ0n) is 9.67. The molecule has 0 spiro atoms. The van der Waals surface area contributed by atoms with Crippen LogP contribution in [0.5, 0.6) is 5.75 Å². The lowest BCUT2D eigenvalue weighted by Crippen LogP contribution is -2.29. The van der Waals surface area contributed by atoms with Crippen molar-refractivity contribution in [3.63, 3.8) is 0 Å². The molecule has 17 heavy (non-hydrogen) atoms. The van der Waals surface area contributed by atoms with Gasteiger partial charge in [-0.3, -0.25) is 4.79 Å². The van der Waals surface area contributed by atoms with E-state index < -0.39 is 11.9 Å². The number of hydrogen-bond acceptors (Lipinski definition) is 3. The zero-order valence-corrected chi connectivity index (χ0v) is 9.67. The smallest absolute Gasteiger partial charge is 0.312 e. The molecule has 0 amide bonds. The fraction of sp³-hybridized carbons (Fsp3) is 0.462. The molecule has 1 saturated heterocycles. The third-order valence-electron chi connectivity index (χ3n) is 3.21. The Morgan fingerprint density at radius 2 is 2.06 bits per heavy atom. The third kappa shape index (κ3) is 2.97. The molecule has 1 aliphatic heterocycles. The minimum atomic E-state index is -0.831. The van der Waals surface area contributed by atoms with Crippen molar-refractivity contribution in [3.8, 4) is 5.75 Å². The maximum Gasteiger partial charge on any atom is 0.312 e. The molecule has 1 heterocycles. The molecule has 92 valence electrons. The number of rotatable bonds is 4. The maximum absolute atomic E-state index is 11.3. The van der Waals surface area contributed by atoms with E-state index in [4.69, 9.17) is 0 Å². The van der Waals surface area contributed by atoms with Gasteiger partial charge >= 0.3 is 5.97 Å². The number of carbonyl (C=O) groups is 1. The summed E-state index contributed by atoms with van der Waals surface area (Å²) in [6.45, 7) is 2.48. The number of hydrogen-bond donors (Lipinski definition) is 2. The van der Waals surface area contributed by atoms with Gasteiger partial charge in [0.2, 0.25) is 0 Å². The number of nitrogens with zero attached hydrogens (tertiary/aromatic N) is 1. The van der Waals surface area contributed by atoms with Crippen molar-refractivity contribution in [3.05, 3.63) is 29.8 Å². The first kappa shape index (κ1) is 11.9. The highest BCUT2D eigenvalue weighted by molar-refractivity contribution is 5.76. The summed E-state index contributed by atoms with van der Waals surface area (Å²) in [4.78, 5) is 13.5. The summed E-state index contributed by atoms with van der Waals surface area (Å²) in [7, 11) is 0. The van der Waals surface area contributed by atoms with Crippen LogP contribution in [0.25, 0.3) is 0 Å². The van der Waals surface area contributed by atoms with Crippen LogP contribution in [0.4, 0.5) is 0 Å². The lowest BCUT2D eigenvalue weighted by atomic mass is 9.98. The van der Waals surface area contributed by atoms with E-state index in [1.54, 1.807) is 18.2 Å². The maximum atomic E-state index is 11.3. The van der Waals surface area contributed by atoms with Crippen LogP contribution in [0.2, 0.25) is 0 Å². The third-order valence-corrected chi connectivity index (χ3v) is 3.21. The van der Waals surface area contributed by atoms with Crippen LogP contribution in [-0.4, -0.2) is 40.7 Å². The Morgan fingerprint density at radius 1 is 1.35 bits per heavy atom. The van der Waals surface area contributed by atoms with E-state index >= 15 is 0 Å². The Kier molecular flexibility index (Phi) is 3.64. The SMILES string of the molecule is O=C(O)C(CN1CCCC1)c1cccc(O)c1. The van der Waals surface area contributed by atoms with Gasteiger partial charge in [-0.2, -0.15) is 0 Å². The number of phenolic OH excluding ortho intramolecular Hbond substituents is 1. The summed E-state index contributed by atoms with van der Waals surface area (Å²) < 4.78 is 0. The van der Waals surface area contributed by atoms with Crippen molar-refractivity contribution in [1.29, 1.82) is 0 Å². The number of carboxylic acid groups (broad SMARTS) is 1. The van der Waals surface area contributed by atoms with Crippen LogP contribution in [0.15, 0.2) is 24.3 Å². The fourth-order valence-electron chi connectivity index (χ4n) is 2.29. The second kappa shape index (κ2) is 5.19. The van der Waals surface area contributed by atoms with E-state index in [9.17, 15) is 15.0 Å². The molecular formula is C13H17NO3. The number of aromatic hydroxyl groups is 1. The second-order valence-electron chi connectivity index (χ2n) is 4.49. The van der Waals surface area contributed by atoms with E-state index in [1.807, 2.05) is 0 Å². The standard InChI is InChI=1S/C13H17NO3/c15-11-5-3-4-10(8-11)12(13(16)17)9-14-6-1-2-7-14/h3-5,8,12,15H,1-2,6-7,9H2,(H,16,17). The van der Waals surface area contributed by atoms with Crippen molar-refractivity contribution in [1.82, 2.24) is 4.90 Å². The number of phenols is 1. The molecule has 1 fully saturated rings. The van der Waals surface area contributed by atoms with Gasteiger partial charge in [0.15, 0.2) is 0 Å². The van der Waals surface area contributed by atoms with Gasteiger partial charge in [0.1, 0.15) is 5.75 Å². The lowest BCUT2D eigenvalue weighted by molar-refractivity contribution is -0.139. The molecule has 2 N–H and O–H groups in total. The monoisotopic (exact) mass is 235 g/mol. The molecule has 4 heteroatoms. The second-order valence-corrected chi connectivity index (χ2v) is 4.49. The summed E-state index contributed by atoms with van der Waals surface area (Å²) in [5.41, 5.74) is 0.671. The molecule has 1 unspecified atom stereocenters. The molecule has 0 aliphatic carbocycles. The van der Waals surface area contributed by atoms with Gasteiger partial charge in [-0.05, 0) is 43.6 Å². The van der Waals surface area contributed by atoms with E-state index in [-0.39, 0.29) is 5.75 Å². The lowest BCUT2D eigenvalue weighted by Gasteiger charge is -2.20. The first-order valence-electron chi connectivity index (χ1n) is 5.91.